The Hall–Kier alpha value is -1.13. The van der Waals surface area contributed by atoms with Crippen LogP contribution in [-0.2, 0) is 9.53 Å². The quantitative estimate of drug-likeness (QED) is 0.225. The Labute approximate surface area is 52.5 Å². The van der Waals surface area contributed by atoms with E-state index in [0.29, 0.717) is 0 Å². The van der Waals surface area contributed by atoms with E-state index in [4.69, 9.17) is 0 Å². The summed E-state index contributed by atoms with van der Waals surface area (Å²) in [6.07, 6.45) is 0. The second kappa shape index (κ2) is 3.82. The van der Waals surface area contributed by atoms with Crippen molar-refractivity contribution in [3.8, 4) is 0 Å². The van der Waals surface area contributed by atoms with Gasteiger partial charge in [0, 0.05) is 0 Å². The van der Waals surface area contributed by atoms with E-state index >= 15 is 0 Å². The van der Waals surface area contributed by atoms with Crippen LogP contribution >= 0.6 is 0 Å². The van der Waals surface area contributed by atoms with Crippen LogP contribution in [0.3, 0.4) is 0 Å². The number of rotatable bonds is 2. The lowest BCUT2D eigenvalue weighted by Gasteiger charge is -1.96. The Morgan fingerprint density at radius 2 is 2.44 bits per heavy atom. The second-order valence-corrected chi connectivity index (χ2v) is 1.29. The number of hydrogen-bond donors (Lipinski definition) is 0. The van der Waals surface area contributed by atoms with Crippen molar-refractivity contribution < 1.29 is 14.4 Å². The zero-order valence-corrected chi connectivity index (χ0v) is 5.33. The van der Waals surface area contributed by atoms with E-state index in [1.54, 1.807) is 0 Å². The summed E-state index contributed by atoms with van der Waals surface area (Å²) in [5.74, 6) is -0.587. The third-order valence-corrected chi connectivity index (χ3v) is 0.715. The normalized spacial score (nSPS) is 11.1. The Balaban J connectivity index is 3.60. The monoisotopic (exact) mass is 132 g/mol. The number of ether oxygens (including phenoxy) is 1. The molecule has 0 aromatic carbocycles. The van der Waals surface area contributed by atoms with Crippen LogP contribution in [0.4, 0.5) is 0 Å². The van der Waals surface area contributed by atoms with E-state index in [9.17, 15) is 10.0 Å². The number of methoxy groups -OCH3 is 1. The van der Waals surface area contributed by atoms with Gasteiger partial charge >= 0.3 is 5.97 Å². The number of carbonyl (C=O) groups excluding carboxylic acids is 1. The molecule has 0 fully saturated rings. The minimum absolute atomic E-state index is 0.256. The van der Waals surface area contributed by atoms with Gasteiger partial charge in [0.15, 0.2) is 0 Å². The summed E-state index contributed by atoms with van der Waals surface area (Å²) in [6.45, 7) is -0.340. The van der Waals surface area contributed by atoms with Crippen LogP contribution in [-0.4, -0.2) is 31.5 Å². The molecule has 0 saturated carbocycles. The molecule has 5 heteroatoms. The maximum absolute atomic E-state index is 10.3. The summed E-state index contributed by atoms with van der Waals surface area (Å²) >= 11 is 0. The minimum atomic E-state index is -0.587. The van der Waals surface area contributed by atoms with Crippen molar-refractivity contribution in [2.75, 3.05) is 20.7 Å². The summed E-state index contributed by atoms with van der Waals surface area (Å²) < 4.78 is 4.18. The van der Waals surface area contributed by atoms with E-state index in [0.717, 1.165) is 0 Å². The summed E-state index contributed by atoms with van der Waals surface area (Å²) in [4.78, 5) is 10.5. The number of hydroxylamine groups is 1. The van der Waals surface area contributed by atoms with Crippen LogP contribution in [0, 0.1) is 5.21 Å². The van der Waals surface area contributed by atoms with Crippen molar-refractivity contribution in [2.45, 2.75) is 0 Å². The Morgan fingerprint density at radius 1 is 1.89 bits per heavy atom. The zero-order valence-electron chi connectivity index (χ0n) is 5.33. The second-order valence-electron chi connectivity index (χ2n) is 1.29. The van der Waals surface area contributed by atoms with Gasteiger partial charge in [0.05, 0.1) is 14.2 Å². The summed E-state index contributed by atoms with van der Waals surface area (Å²) in [7, 11) is 2.52. The molecule has 0 bridgehead atoms. The van der Waals surface area contributed by atoms with Gasteiger partial charge in [-0.3, -0.25) is 0 Å². The number of carbonyl (C=O) groups is 1. The lowest BCUT2D eigenvalue weighted by Crippen LogP contribution is -2.15. The van der Waals surface area contributed by atoms with Crippen molar-refractivity contribution in [3.63, 3.8) is 0 Å². The first-order valence-electron chi connectivity index (χ1n) is 2.32. The smallest absolute Gasteiger partial charge is 0.375 e. The molecule has 0 saturated heterocycles. The fourth-order valence-electron chi connectivity index (χ4n) is 0.246. The molecular formula is C4H8N2O3. The van der Waals surface area contributed by atoms with Gasteiger partial charge in [0.1, 0.15) is 0 Å². The standard InChI is InChI=1S/C4H8N2O3/c1-5-6(8)3-4(7)9-2/h3H2,1-2H3/b6-5-. The van der Waals surface area contributed by atoms with E-state index in [1.165, 1.54) is 14.2 Å². The Kier molecular flexibility index (Phi) is 3.34. The van der Waals surface area contributed by atoms with Crippen LogP contribution in [0.5, 0.6) is 0 Å². The van der Waals surface area contributed by atoms with Crippen LogP contribution in [0.25, 0.3) is 0 Å². The van der Waals surface area contributed by atoms with Gasteiger partial charge in [-0.25, -0.2) is 4.79 Å². The highest BCUT2D eigenvalue weighted by Crippen LogP contribution is 1.76. The van der Waals surface area contributed by atoms with Gasteiger partial charge in [-0.1, -0.05) is 4.86 Å². The minimum Gasteiger partial charge on any atom is -0.599 e. The highest BCUT2D eigenvalue weighted by atomic mass is 16.5. The molecule has 0 amide bonds. The lowest BCUT2D eigenvalue weighted by molar-refractivity contribution is -0.518. The molecule has 0 atom stereocenters. The number of azo groups is 1. The topological polar surface area (TPSA) is 64.7 Å². The molecule has 5 nitrogen and oxygen atoms in total. The average molecular weight is 132 g/mol. The fraction of sp³-hybridized carbons (Fsp3) is 0.750. The molecule has 0 unspecified atom stereocenters. The molecule has 0 rings (SSSR count). The Bertz CT molecular complexity index is 132. The van der Waals surface area contributed by atoms with Crippen LogP contribution in [0.2, 0.25) is 0 Å². The Morgan fingerprint density at radius 3 is 2.78 bits per heavy atom. The highest BCUT2D eigenvalue weighted by molar-refractivity contribution is 5.70. The van der Waals surface area contributed by atoms with Gasteiger partial charge in [-0.2, -0.15) is 0 Å². The van der Waals surface area contributed by atoms with Gasteiger partial charge in [-0.15, -0.1) is 0 Å². The van der Waals surface area contributed by atoms with Crippen LogP contribution in [0.1, 0.15) is 0 Å². The molecule has 0 aliphatic heterocycles. The van der Waals surface area contributed by atoms with Gasteiger partial charge in [0.2, 0.25) is 0 Å². The molecule has 0 heterocycles. The van der Waals surface area contributed by atoms with E-state index in [-0.39, 0.29) is 11.4 Å². The van der Waals surface area contributed by atoms with Crippen LogP contribution < -0.4 is 0 Å². The van der Waals surface area contributed by atoms with Gasteiger partial charge < -0.3 is 9.94 Å². The third kappa shape index (κ3) is 3.45. The highest BCUT2D eigenvalue weighted by Gasteiger charge is 2.04. The summed E-state index contributed by atoms with van der Waals surface area (Å²) in [5, 5.41) is 13.4. The lowest BCUT2D eigenvalue weighted by atomic mass is 10.7. The average Bonchev–Trinajstić information content (AvgIpc) is 1.87. The van der Waals surface area contributed by atoms with Gasteiger partial charge in [-0.05, 0) is 5.11 Å². The van der Waals surface area contributed by atoms with Crippen molar-refractivity contribution in [2.24, 2.45) is 5.11 Å². The maximum atomic E-state index is 10.3. The number of hydrogen-bond acceptors (Lipinski definition) is 4. The summed E-state index contributed by atoms with van der Waals surface area (Å²) in [5.41, 5.74) is 0. The third-order valence-electron chi connectivity index (χ3n) is 0.715. The zero-order chi connectivity index (χ0) is 7.28. The van der Waals surface area contributed by atoms with E-state index in [1.807, 2.05) is 0 Å². The molecule has 0 aliphatic rings. The molecule has 0 aromatic rings. The van der Waals surface area contributed by atoms with Crippen LogP contribution in [0.15, 0.2) is 5.11 Å². The molecule has 9 heavy (non-hydrogen) atoms. The number of esters is 1. The van der Waals surface area contributed by atoms with Crippen molar-refractivity contribution in [1.29, 1.82) is 0 Å². The molecular weight excluding hydrogens is 124 g/mol. The predicted octanol–water partition coefficient (Wildman–Crippen LogP) is -0.248. The molecule has 0 spiro atoms. The van der Waals surface area contributed by atoms with E-state index < -0.39 is 5.97 Å². The first-order chi connectivity index (χ1) is 4.20. The SMILES string of the molecule is C/N=[N+](\[O-])CC(=O)OC. The fourth-order valence-corrected chi connectivity index (χ4v) is 0.246. The molecule has 0 aliphatic carbocycles. The maximum Gasteiger partial charge on any atom is 0.375 e. The molecule has 0 N–H and O–H groups in total. The largest absolute Gasteiger partial charge is 0.599 e. The van der Waals surface area contributed by atoms with Crippen molar-refractivity contribution in [1.82, 2.24) is 0 Å². The number of nitrogens with zero attached hydrogens (tertiary/aromatic N) is 2. The van der Waals surface area contributed by atoms with Crippen molar-refractivity contribution in [3.05, 3.63) is 5.21 Å². The van der Waals surface area contributed by atoms with Crippen molar-refractivity contribution >= 4 is 5.97 Å². The van der Waals surface area contributed by atoms with Gasteiger partial charge in [0.25, 0.3) is 6.54 Å². The van der Waals surface area contributed by atoms with E-state index in [2.05, 4.69) is 9.85 Å². The molecule has 0 aromatic heterocycles. The predicted molar refractivity (Wildman–Crippen MR) is 28.9 cm³/mol. The first kappa shape index (κ1) is 7.87. The molecule has 0 radical (unpaired) electrons. The summed E-state index contributed by atoms with van der Waals surface area (Å²) in [6, 6.07) is 0. The molecule has 52 valence electrons. The first-order valence-corrected chi connectivity index (χ1v) is 2.32.